The van der Waals surface area contributed by atoms with Crippen LogP contribution in [-0.2, 0) is 0 Å². The number of hydrogen-bond donors (Lipinski definition) is 1. The van der Waals surface area contributed by atoms with E-state index in [4.69, 9.17) is 9.47 Å². The number of hydrogen-bond acceptors (Lipinski definition) is 3. The van der Waals surface area contributed by atoms with Crippen LogP contribution in [0.2, 0.25) is 0 Å². The summed E-state index contributed by atoms with van der Waals surface area (Å²) in [6.07, 6.45) is -0.416. The molecule has 3 rings (SSSR count). The predicted octanol–water partition coefficient (Wildman–Crippen LogP) is 3.97. The van der Waals surface area contributed by atoms with Crippen molar-refractivity contribution in [1.82, 2.24) is 0 Å². The fraction of sp³-hybridized carbons (Fsp3) is 0.200. The Bertz CT molecular complexity index is 777. The molecule has 3 nitrogen and oxygen atoms in total. The monoisotopic (exact) mass is 308 g/mol. The number of ether oxygens (including phenoxy) is 2. The Hall–Kier alpha value is -2.52. The zero-order valence-corrected chi connectivity index (χ0v) is 13.1. The van der Waals surface area contributed by atoms with E-state index in [-0.39, 0.29) is 6.61 Å². The highest BCUT2D eigenvalue weighted by atomic mass is 16.5. The Morgan fingerprint density at radius 1 is 0.870 bits per heavy atom. The van der Waals surface area contributed by atoms with Gasteiger partial charge in [0.05, 0.1) is 6.61 Å². The maximum absolute atomic E-state index is 9.60. The van der Waals surface area contributed by atoms with Gasteiger partial charge in [-0.2, -0.15) is 0 Å². The van der Waals surface area contributed by atoms with Crippen molar-refractivity contribution in [3.05, 3.63) is 72.3 Å². The molecule has 0 aromatic heterocycles. The van der Waals surface area contributed by atoms with Crippen LogP contribution in [0.5, 0.6) is 11.5 Å². The van der Waals surface area contributed by atoms with E-state index in [0.29, 0.717) is 6.61 Å². The molecule has 0 heterocycles. The standard InChI is InChI=1S/C20H20O3/c1-15-7-2-5-11-19(15)22-14-17(13-21)23-20-12-6-9-16-8-3-4-10-18(16)20/h2-12,17,21H,13-14H2,1H3. The molecule has 3 heteroatoms. The number of aryl methyl sites for hydroxylation is 1. The Kier molecular flexibility index (Phi) is 4.79. The normalized spacial score (nSPS) is 12.1. The number of fused-ring (bicyclic) bond motifs is 1. The van der Waals surface area contributed by atoms with Gasteiger partial charge in [0.2, 0.25) is 0 Å². The molecule has 0 aliphatic carbocycles. The first-order valence-corrected chi connectivity index (χ1v) is 7.71. The highest BCUT2D eigenvalue weighted by Gasteiger charge is 2.13. The zero-order valence-electron chi connectivity index (χ0n) is 13.1. The first kappa shape index (κ1) is 15.4. The molecule has 0 amide bonds. The second kappa shape index (κ2) is 7.16. The summed E-state index contributed by atoms with van der Waals surface area (Å²) in [5, 5.41) is 11.7. The third-order valence-electron chi connectivity index (χ3n) is 3.77. The lowest BCUT2D eigenvalue weighted by Crippen LogP contribution is -2.28. The number of aliphatic hydroxyl groups is 1. The minimum absolute atomic E-state index is 0.102. The van der Waals surface area contributed by atoms with E-state index < -0.39 is 6.10 Å². The van der Waals surface area contributed by atoms with Gasteiger partial charge >= 0.3 is 0 Å². The summed E-state index contributed by atoms with van der Waals surface area (Å²) in [5.41, 5.74) is 1.06. The summed E-state index contributed by atoms with van der Waals surface area (Å²) in [6, 6.07) is 21.8. The SMILES string of the molecule is Cc1ccccc1OCC(CO)Oc1cccc2ccccc12. The molecule has 0 aliphatic rings. The number of rotatable bonds is 6. The molecule has 1 N–H and O–H groups in total. The molecule has 118 valence electrons. The number of benzene rings is 3. The van der Waals surface area contributed by atoms with Crippen molar-refractivity contribution in [3.8, 4) is 11.5 Å². The van der Waals surface area contributed by atoms with Gasteiger partial charge in [-0.15, -0.1) is 0 Å². The lowest BCUT2D eigenvalue weighted by atomic mass is 10.1. The van der Waals surface area contributed by atoms with Crippen molar-refractivity contribution in [2.24, 2.45) is 0 Å². The highest BCUT2D eigenvalue weighted by molar-refractivity contribution is 5.88. The predicted molar refractivity (Wildman–Crippen MR) is 92.1 cm³/mol. The van der Waals surface area contributed by atoms with Gasteiger partial charge in [-0.25, -0.2) is 0 Å². The van der Waals surface area contributed by atoms with Gasteiger partial charge < -0.3 is 14.6 Å². The van der Waals surface area contributed by atoms with Gasteiger partial charge in [-0.05, 0) is 30.0 Å². The Labute approximate surface area is 136 Å². The topological polar surface area (TPSA) is 38.7 Å². The molecule has 0 spiro atoms. The van der Waals surface area contributed by atoms with Crippen LogP contribution in [0, 0.1) is 6.92 Å². The van der Waals surface area contributed by atoms with Crippen LogP contribution in [0.3, 0.4) is 0 Å². The molecule has 0 fully saturated rings. The number of para-hydroxylation sites is 1. The highest BCUT2D eigenvalue weighted by Crippen LogP contribution is 2.26. The molecule has 0 aliphatic heterocycles. The van der Waals surface area contributed by atoms with Crippen LogP contribution in [0.15, 0.2) is 66.7 Å². The quantitative estimate of drug-likeness (QED) is 0.749. The largest absolute Gasteiger partial charge is 0.489 e. The van der Waals surface area contributed by atoms with E-state index in [1.807, 2.05) is 73.7 Å². The Balaban J connectivity index is 1.73. The van der Waals surface area contributed by atoms with Gasteiger partial charge in [0.15, 0.2) is 6.10 Å². The van der Waals surface area contributed by atoms with Crippen molar-refractivity contribution in [2.45, 2.75) is 13.0 Å². The average Bonchev–Trinajstić information content (AvgIpc) is 2.60. The molecule has 0 saturated carbocycles. The lowest BCUT2D eigenvalue weighted by Gasteiger charge is -2.19. The third-order valence-corrected chi connectivity index (χ3v) is 3.77. The van der Waals surface area contributed by atoms with E-state index in [2.05, 4.69) is 0 Å². The summed E-state index contributed by atoms with van der Waals surface area (Å²) in [4.78, 5) is 0. The molecule has 1 atom stereocenters. The molecule has 23 heavy (non-hydrogen) atoms. The van der Waals surface area contributed by atoms with E-state index in [1.165, 1.54) is 0 Å². The van der Waals surface area contributed by atoms with Crippen LogP contribution in [0.4, 0.5) is 0 Å². The van der Waals surface area contributed by atoms with Gasteiger partial charge in [0.1, 0.15) is 18.1 Å². The summed E-state index contributed by atoms with van der Waals surface area (Å²) < 4.78 is 11.8. The third kappa shape index (κ3) is 3.63. The van der Waals surface area contributed by atoms with Crippen molar-refractivity contribution < 1.29 is 14.6 Å². The van der Waals surface area contributed by atoms with Crippen LogP contribution in [0.1, 0.15) is 5.56 Å². The van der Waals surface area contributed by atoms with Crippen LogP contribution < -0.4 is 9.47 Å². The molecule has 3 aromatic carbocycles. The van der Waals surface area contributed by atoms with E-state index in [9.17, 15) is 5.11 Å². The molecule has 0 radical (unpaired) electrons. The molecular weight excluding hydrogens is 288 g/mol. The van der Waals surface area contributed by atoms with Crippen molar-refractivity contribution >= 4 is 10.8 Å². The number of aliphatic hydroxyl groups excluding tert-OH is 1. The van der Waals surface area contributed by atoms with Crippen molar-refractivity contribution in [2.75, 3.05) is 13.2 Å². The smallest absolute Gasteiger partial charge is 0.155 e. The molecule has 3 aromatic rings. The second-order valence-electron chi connectivity index (χ2n) is 5.48. The lowest BCUT2D eigenvalue weighted by molar-refractivity contribution is 0.0727. The Morgan fingerprint density at radius 2 is 1.57 bits per heavy atom. The first-order valence-electron chi connectivity index (χ1n) is 7.71. The van der Waals surface area contributed by atoms with Gasteiger partial charge in [-0.3, -0.25) is 0 Å². The van der Waals surface area contributed by atoms with Gasteiger partial charge in [0.25, 0.3) is 0 Å². The fourth-order valence-electron chi connectivity index (χ4n) is 2.50. The van der Waals surface area contributed by atoms with Crippen LogP contribution in [-0.4, -0.2) is 24.4 Å². The van der Waals surface area contributed by atoms with Gasteiger partial charge in [-0.1, -0.05) is 54.6 Å². The van der Waals surface area contributed by atoms with Crippen LogP contribution >= 0.6 is 0 Å². The zero-order chi connectivity index (χ0) is 16.1. The minimum Gasteiger partial charge on any atom is -0.489 e. The minimum atomic E-state index is -0.416. The summed E-state index contributed by atoms with van der Waals surface area (Å²) >= 11 is 0. The van der Waals surface area contributed by atoms with E-state index in [0.717, 1.165) is 27.8 Å². The molecule has 0 saturated heterocycles. The maximum atomic E-state index is 9.60. The fourth-order valence-corrected chi connectivity index (χ4v) is 2.50. The van der Waals surface area contributed by atoms with Crippen molar-refractivity contribution in [1.29, 1.82) is 0 Å². The molecular formula is C20H20O3. The van der Waals surface area contributed by atoms with Crippen LogP contribution in [0.25, 0.3) is 10.8 Å². The van der Waals surface area contributed by atoms with Gasteiger partial charge in [0, 0.05) is 5.39 Å². The molecule has 1 unspecified atom stereocenters. The van der Waals surface area contributed by atoms with E-state index >= 15 is 0 Å². The summed E-state index contributed by atoms with van der Waals surface area (Å²) in [5.74, 6) is 1.57. The summed E-state index contributed by atoms with van der Waals surface area (Å²) in [6.45, 7) is 2.19. The second-order valence-corrected chi connectivity index (χ2v) is 5.48. The van der Waals surface area contributed by atoms with Crippen molar-refractivity contribution in [3.63, 3.8) is 0 Å². The maximum Gasteiger partial charge on any atom is 0.155 e. The molecule has 0 bridgehead atoms. The Morgan fingerprint density at radius 3 is 2.39 bits per heavy atom. The first-order chi connectivity index (χ1) is 11.3. The average molecular weight is 308 g/mol. The summed E-state index contributed by atoms with van der Waals surface area (Å²) in [7, 11) is 0. The van der Waals surface area contributed by atoms with E-state index in [1.54, 1.807) is 0 Å².